The molecule has 1 saturated heterocycles. The molecule has 154 valence electrons. The van der Waals surface area contributed by atoms with E-state index in [1.54, 1.807) is 10.9 Å². The Morgan fingerprint density at radius 2 is 2.14 bits per heavy atom. The van der Waals surface area contributed by atoms with Crippen LogP contribution in [0, 0.1) is 0 Å². The van der Waals surface area contributed by atoms with Gasteiger partial charge in [0.15, 0.2) is 25.4 Å². The first-order chi connectivity index (χ1) is 13.0. The van der Waals surface area contributed by atoms with Crippen molar-refractivity contribution in [1.82, 2.24) is 19.5 Å². The number of aromatic nitrogens is 4. The molecule has 0 radical (unpaired) electrons. The number of aliphatic hydroxyl groups excluding tert-OH is 1. The van der Waals surface area contributed by atoms with Gasteiger partial charge >= 0.3 is 0 Å². The number of imidazole rings is 1. The van der Waals surface area contributed by atoms with Gasteiger partial charge in [-0.25, -0.2) is 15.0 Å². The van der Waals surface area contributed by atoms with Crippen molar-refractivity contribution in [3.63, 3.8) is 0 Å². The van der Waals surface area contributed by atoms with Gasteiger partial charge in [0.1, 0.15) is 18.1 Å². The molecule has 2 aromatic rings. The summed E-state index contributed by atoms with van der Waals surface area (Å²) >= 11 is 0. The lowest BCUT2D eigenvalue weighted by Gasteiger charge is -2.41. The Bertz CT molecular complexity index is 880. The number of fused-ring (bicyclic) bond motifs is 1. The zero-order chi connectivity index (χ0) is 20.7. The number of rotatable bonds is 5. The molecular weight excluding hydrogens is 380 g/mol. The fourth-order valence-corrected chi connectivity index (χ4v) is 4.44. The summed E-state index contributed by atoms with van der Waals surface area (Å²) in [6.45, 7) is 10.3. The molecule has 10 nitrogen and oxygen atoms in total. The molecular formula is C17H28N6O4Si. The molecule has 0 amide bonds. The molecule has 1 unspecified atom stereocenters. The summed E-state index contributed by atoms with van der Waals surface area (Å²) in [6.07, 6.45) is 3.54. The van der Waals surface area contributed by atoms with Crippen LogP contribution < -0.4 is 5.73 Å². The number of hydrogen-bond acceptors (Lipinski definition) is 9. The lowest BCUT2D eigenvalue weighted by molar-refractivity contribution is -0.0779. The van der Waals surface area contributed by atoms with Crippen molar-refractivity contribution in [2.45, 2.75) is 63.3 Å². The van der Waals surface area contributed by atoms with Crippen molar-refractivity contribution in [3.05, 3.63) is 12.7 Å². The van der Waals surface area contributed by atoms with Gasteiger partial charge in [-0.3, -0.25) is 4.57 Å². The summed E-state index contributed by atoms with van der Waals surface area (Å²) in [5, 5.41) is 22.4. The lowest BCUT2D eigenvalue weighted by atomic mass is 9.99. The summed E-state index contributed by atoms with van der Waals surface area (Å²) in [7, 11) is -2.19. The fourth-order valence-electron chi connectivity index (χ4n) is 3.08. The molecule has 0 saturated carbocycles. The molecule has 0 aliphatic carbocycles. The summed E-state index contributed by atoms with van der Waals surface area (Å²) in [4.78, 5) is 12.5. The van der Waals surface area contributed by atoms with E-state index in [4.69, 9.17) is 14.9 Å². The molecule has 11 heteroatoms. The summed E-state index contributed by atoms with van der Waals surface area (Å²) in [5.41, 5.74) is 5.60. The van der Waals surface area contributed by atoms with Crippen LogP contribution in [0.15, 0.2) is 17.8 Å². The second kappa shape index (κ2) is 7.06. The van der Waals surface area contributed by atoms with Crippen LogP contribution in [0.4, 0.5) is 5.82 Å². The summed E-state index contributed by atoms with van der Waals surface area (Å²) < 4.78 is 14.4. The highest BCUT2D eigenvalue weighted by Gasteiger charge is 2.53. The van der Waals surface area contributed by atoms with Crippen LogP contribution in [-0.2, 0) is 9.16 Å². The standard InChI is InChI=1S/C17H28N6O4Si/c1-16(2,3)28(4,5)27-11-6-12(26-17(11,8-24)7-22-25)23-10-21-13-14(18)19-9-20-15(13)23/h7,9-12,24-25H,6,8H2,1-5H3,(H2,18,19,20)/t11?,12-,17-/m1/s1. The Hall–Kier alpha value is -2.08. The van der Waals surface area contributed by atoms with E-state index in [0.717, 1.165) is 0 Å². The van der Waals surface area contributed by atoms with Gasteiger partial charge in [0, 0.05) is 6.42 Å². The lowest BCUT2D eigenvalue weighted by Crippen LogP contribution is -2.53. The third-order valence-electron chi connectivity index (χ3n) is 5.78. The number of aliphatic hydroxyl groups is 1. The Balaban J connectivity index is 1.99. The highest BCUT2D eigenvalue weighted by Crippen LogP contribution is 2.44. The molecule has 0 aromatic carbocycles. The van der Waals surface area contributed by atoms with E-state index in [9.17, 15) is 10.3 Å². The number of ether oxygens (including phenoxy) is 1. The van der Waals surface area contributed by atoms with Gasteiger partial charge in [-0.1, -0.05) is 25.9 Å². The second-order valence-electron chi connectivity index (χ2n) is 8.62. The van der Waals surface area contributed by atoms with Crippen molar-refractivity contribution >= 4 is 31.5 Å². The van der Waals surface area contributed by atoms with Crippen LogP contribution in [-0.4, -0.2) is 62.7 Å². The summed E-state index contributed by atoms with van der Waals surface area (Å²) in [5.74, 6) is 0.279. The molecule has 1 aliphatic rings. The van der Waals surface area contributed by atoms with Gasteiger partial charge in [0.2, 0.25) is 0 Å². The third-order valence-corrected chi connectivity index (χ3v) is 10.3. The second-order valence-corrected chi connectivity index (χ2v) is 13.4. The van der Waals surface area contributed by atoms with Gasteiger partial charge in [-0.15, -0.1) is 0 Å². The maximum absolute atomic E-state index is 10.1. The van der Waals surface area contributed by atoms with E-state index in [0.29, 0.717) is 17.6 Å². The van der Waals surface area contributed by atoms with Gasteiger partial charge in [-0.05, 0) is 18.1 Å². The fraction of sp³-hybridized carbons (Fsp3) is 0.647. The maximum atomic E-state index is 10.1. The molecule has 4 N–H and O–H groups in total. The molecule has 0 spiro atoms. The van der Waals surface area contributed by atoms with Crippen molar-refractivity contribution in [1.29, 1.82) is 0 Å². The Morgan fingerprint density at radius 3 is 2.75 bits per heavy atom. The van der Waals surface area contributed by atoms with E-state index < -0.39 is 32.9 Å². The molecule has 0 bridgehead atoms. The third kappa shape index (κ3) is 3.38. The maximum Gasteiger partial charge on any atom is 0.192 e. The van der Waals surface area contributed by atoms with Crippen LogP contribution in [0.1, 0.15) is 33.4 Å². The minimum Gasteiger partial charge on any atom is -0.411 e. The van der Waals surface area contributed by atoms with Crippen molar-refractivity contribution < 1.29 is 19.5 Å². The van der Waals surface area contributed by atoms with Crippen molar-refractivity contribution in [3.8, 4) is 0 Å². The first-order valence-electron chi connectivity index (χ1n) is 9.13. The molecule has 3 rings (SSSR count). The molecule has 3 atom stereocenters. The largest absolute Gasteiger partial charge is 0.411 e. The monoisotopic (exact) mass is 408 g/mol. The predicted molar refractivity (Wildman–Crippen MR) is 107 cm³/mol. The quantitative estimate of drug-likeness (QED) is 0.295. The zero-order valence-corrected chi connectivity index (χ0v) is 17.8. The predicted octanol–water partition coefficient (Wildman–Crippen LogP) is 1.91. The van der Waals surface area contributed by atoms with E-state index in [1.807, 2.05) is 0 Å². The van der Waals surface area contributed by atoms with Crippen LogP contribution >= 0.6 is 0 Å². The van der Waals surface area contributed by atoms with E-state index in [1.165, 1.54) is 12.5 Å². The summed E-state index contributed by atoms with van der Waals surface area (Å²) in [6, 6.07) is 0. The number of anilines is 1. The minimum atomic E-state index is -2.19. The SMILES string of the molecule is CC(C)(C)[Si](C)(C)OC1C[C@H](n2cnc3c(N)ncnc32)O[C@]1(C=NO)CO. The minimum absolute atomic E-state index is 0.0357. The van der Waals surface area contributed by atoms with Crippen molar-refractivity contribution in [2.75, 3.05) is 12.3 Å². The Labute approximate surface area is 164 Å². The van der Waals surface area contributed by atoms with Crippen LogP contribution in [0.3, 0.4) is 0 Å². The van der Waals surface area contributed by atoms with E-state index in [-0.39, 0.29) is 10.9 Å². The topological polar surface area (TPSA) is 141 Å². The Morgan fingerprint density at radius 1 is 1.43 bits per heavy atom. The van der Waals surface area contributed by atoms with E-state index >= 15 is 0 Å². The molecule has 28 heavy (non-hydrogen) atoms. The molecule has 3 heterocycles. The van der Waals surface area contributed by atoms with Gasteiger partial charge in [0.25, 0.3) is 0 Å². The average Bonchev–Trinajstić information content (AvgIpc) is 3.17. The number of nitrogen functional groups attached to an aromatic ring is 1. The van der Waals surface area contributed by atoms with Crippen LogP contribution in [0.2, 0.25) is 18.1 Å². The highest BCUT2D eigenvalue weighted by molar-refractivity contribution is 6.74. The Kier molecular flexibility index (Phi) is 5.21. The highest BCUT2D eigenvalue weighted by atomic mass is 28.4. The molecule has 2 aromatic heterocycles. The van der Waals surface area contributed by atoms with Crippen molar-refractivity contribution in [2.24, 2.45) is 5.16 Å². The first-order valence-corrected chi connectivity index (χ1v) is 12.0. The van der Waals surface area contributed by atoms with Gasteiger partial charge in [-0.2, -0.15) is 0 Å². The molecule has 1 fully saturated rings. The van der Waals surface area contributed by atoms with Gasteiger partial charge in [0.05, 0.1) is 25.3 Å². The first kappa shape index (κ1) is 20.6. The molecule has 1 aliphatic heterocycles. The number of nitrogens with zero attached hydrogens (tertiary/aromatic N) is 5. The zero-order valence-electron chi connectivity index (χ0n) is 16.8. The number of nitrogens with two attached hydrogens (primary N) is 1. The number of oxime groups is 1. The van der Waals surface area contributed by atoms with Gasteiger partial charge < -0.3 is 25.2 Å². The smallest absolute Gasteiger partial charge is 0.192 e. The number of hydrogen-bond donors (Lipinski definition) is 3. The van der Waals surface area contributed by atoms with Crippen LogP contribution in [0.25, 0.3) is 11.2 Å². The van der Waals surface area contributed by atoms with Crippen LogP contribution in [0.5, 0.6) is 0 Å². The normalized spacial score (nSPS) is 26.5. The van der Waals surface area contributed by atoms with E-state index in [2.05, 4.69) is 54.0 Å². The average molecular weight is 409 g/mol.